The minimum atomic E-state index is 0.0164. The van der Waals surface area contributed by atoms with Crippen molar-refractivity contribution in [1.29, 1.82) is 0 Å². The van der Waals surface area contributed by atoms with Gasteiger partial charge in [-0.2, -0.15) is 0 Å². The number of benzene rings is 1. The summed E-state index contributed by atoms with van der Waals surface area (Å²) in [6.07, 6.45) is 4.68. The van der Waals surface area contributed by atoms with E-state index in [0.29, 0.717) is 16.9 Å². The summed E-state index contributed by atoms with van der Waals surface area (Å²) in [5, 5.41) is 11.9. The molecule has 1 aliphatic carbocycles. The fourth-order valence-corrected chi connectivity index (χ4v) is 3.89. The number of hydrogen-bond acceptors (Lipinski definition) is 6. The van der Waals surface area contributed by atoms with Crippen LogP contribution in [0.1, 0.15) is 32.6 Å². The maximum absolute atomic E-state index is 12.2. The minimum Gasteiger partial charge on any atom is -0.497 e. The second kappa shape index (κ2) is 8.44. The van der Waals surface area contributed by atoms with E-state index in [1.54, 1.807) is 7.11 Å². The van der Waals surface area contributed by atoms with Gasteiger partial charge < -0.3 is 15.9 Å². The summed E-state index contributed by atoms with van der Waals surface area (Å²) in [5.41, 5.74) is 0.841. The number of thioether (sulfide) groups is 1. The van der Waals surface area contributed by atoms with Crippen molar-refractivity contribution < 1.29 is 9.53 Å². The van der Waals surface area contributed by atoms with Crippen molar-refractivity contribution in [1.82, 2.24) is 20.2 Å². The topological polar surface area (TPSA) is 95.1 Å². The number of carbonyl (C=O) groups is 1. The summed E-state index contributed by atoms with van der Waals surface area (Å²) in [5.74, 6) is 8.26. The predicted octanol–water partition coefficient (Wildman–Crippen LogP) is 2.45. The van der Waals surface area contributed by atoms with Gasteiger partial charge in [-0.25, -0.2) is 4.68 Å². The quantitative estimate of drug-likeness (QED) is 0.595. The lowest BCUT2D eigenvalue weighted by Crippen LogP contribution is -2.41. The van der Waals surface area contributed by atoms with Crippen LogP contribution in [0.25, 0.3) is 11.4 Å². The normalized spacial score (nSPS) is 19.9. The fraction of sp³-hybridized carbons (Fsp3) is 0.500. The van der Waals surface area contributed by atoms with Crippen molar-refractivity contribution in [3.63, 3.8) is 0 Å². The summed E-state index contributed by atoms with van der Waals surface area (Å²) < 4.78 is 6.57. The molecule has 0 bridgehead atoms. The first kappa shape index (κ1) is 18.6. The smallest absolute Gasteiger partial charge is 0.230 e. The number of amides is 1. The lowest BCUT2D eigenvalue weighted by atomic mass is 9.86. The molecule has 7 nitrogen and oxygen atoms in total. The average Bonchev–Trinajstić information content (AvgIpc) is 3.02. The van der Waals surface area contributed by atoms with Crippen molar-refractivity contribution in [3.8, 4) is 17.1 Å². The third-order valence-electron chi connectivity index (χ3n) is 4.80. The van der Waals surface area contributed by atoms with E-state index in [1.807, 2.05) is 24.3 Å². The van der Waals surface area contributed by atoms with Crippen molar-refractivity contribution in [2.75, 3.05) is 18.7 Å². The van der Waals surface area contributed by atoms with Gasteiger partial charge in [-0.1, -0.05) is 31.5 Å². The number of nitrogens with two attached hydrogens (primary N) is 1. The zero-order chi connectivity index (χ0) is 18.5. The Bertz CT molecular complexity index is 747. The Morgan fingerprint density at radius 3 is 2.73 bits per heavy atom. The van der Waals surface area contributed by atoms with Gasteiger partial charge in [0.05, 0.1) is 12.9 Å². The van der Waals surface area contributed by atoms with Gasteiger partial charge in [0.15, 0.2) is 5.82 Å². The van der Waals surface area contributed by atoms with Gasteiger partial charge in [0.25, 0.3) is 0 Å². The zero-order valence-electron chi connectivity index (χ0n) is 15.1. The van der Waals surface area contributed by atoms with Gasteiger partial charge in [-0.05, 0) is 43.0 Å². The number of hydrogen-bond donors (Lipinski definition) is 2. The minimum absolute atomic E-state index is 0.0164. The molecule has 0 saturated heterocycles. The summed E-state index contributed by atoms with van der Waals surface area (Å²) in [4.78, 5) is 12.2. The Labute approximate surface area is 157 Å². The Hall–Kier alpha value is -2.22. The maximum Gasteiger partial charge on any atom is 0.230 e. The summed E-state index contributed by atoms with van der Waals surface area (Å²) in [7, 11) is 1.62. The average molecular weight is 375 g/mol. The molecule has 1 saturated carbocycles. The second-order valence-corrected chi connectivity index (χ2v) is 7.57. The van der Waals surface area contributed by atoms with E-state index < -0.39 is 0 Å². The van der Waals surface area contributed by atoms with Crippen LogP contribution >= 0.6 is 11.8 Å². The summed E-state index contributed by atoms with van der Waals surface area (Å²) in [6, 6.07) is 7.71. The molecule has 3 rings (SSSR count). The molecule has 1 fully saturated rings. The van der Waals surface area contributed by atoms with E-state index in [4.69, 9.17) is 10.6 Å². The molecule has 1 aromatic carbocycles. The number of aromatic nitrogens is 3. The van der Waals surface area contributed by atoms with Gasteiger partial charge >= 0.3 is 0 Å². The Balaban J connectivity index is 1.58. The van der Waals surface area contributed by atoms with Crippen LogP contribution in [-0.2, 0) is 4.79 Å². The molecule has 3 N–H and O–H groups in total. The van der Waals surface area contributed by atoms with Crippen LogP contribution < -0.4 is 15.9 Å². The van der Waals surface area contributed by atoms with Crippen LogP contribution in [0.5, 0.6) is 5.75 Å². The molecule has 2 aromatic rings. The van der Waals surface area contributed by atoms with Crippen molar-refractivity contribution >= 4 is 17.7 Å². The van der Waals surface area contributed by atoms with Crippen LogP contribution in [0, 0.1) is 5.92 Å². The fourth-order valence-electron chi connectivity index (χ4n) is 3.22. The number of carbonyl (C=O) groups excluding carboxylic acids is 1. The van der Waals surface area contributed by atoms with Crippen molar-refractivity contribution in [3.05, 3.63) is 24.3 Å². The molecule has 140 valence electrons. The van der Waals surface area contributed by atoms with Crippen molar-refractivity contribution in [2.45, 2.75) is 43.8 Å². The monoisotopic (exact) mass is 375 g/mol. The van der Waals surface area contributed by atoms with Gasteiger partial charge in [-0.15, -0.1) is 10.2 Å². The van der Waals surface area contributed by atoms with Crippen LogP contribution in [-0.4, -0.2) is 39.7 Å². The molecule has 1 aromatic heterocycles. The van der Waals surface area contributed by atoms with E-state index in [2.05, 4.69) is 22.4 Å². The van der Waals surface area contributed by atoms with E-state index >= 15 is 0 Å². The zero-order valence-corrected chi connectivity index (χ0v) is 16.0. The largest absolute Gasteiger partial charge is 0.497 e. The van der Waals surface area contributed by atoms with Crippen LogP contribution in [0.3, 0.4) is 0 Å². The molecule has 0 spiro atoms. The molecule has 0 radical (unpaired) electrons. The molecular weight excluding hydrogens is 350 g/mol. The first-order chi connectivity index (χ1) is 12.6. The highest BCUT2D eigenvalue weighted by Gasteiger charge is 2.23. The van der Waals surface area contributed by atoms with E-state index in [0.717, 1.165) is 17.7 Å². The first-order valence-corrected chi connectivity index (χ1v) is 9.84. The summed E-state index contributed by atoms with van der Waals surface area (Å²) in [6.45, 7) is 2.20. The lowest BCUT2D eigenvalue weighted by molar-refractivity contribution is -0.119. The second-order valence-electron chi connectivity index (χ2n) is 6.63. The predicted molar refractivity (Wildman–Crippen MR) is 102 cm³/mol. The highest BCUT2D eigenvalue weighted by molar-refractivity contribution is 7.99. The van der Waals surface area contributed by atoms with Crippen molar-refractivity contribution in [2.24, 2.45) is 5.92 Å². The molecule has 2 atom stereocenters. The third-order valence-corrected chi connectivity index (χ3v) is 5.75. The van der Waals surface area contributed by atoms with Gasteiger partial charge in [0, 0.05) is 11.6 Å². The van der Waals surface area contributed by atoms with Gasteiger partial charge in [0.2, 0.25) is 11.1 Å². The number of ether oxygens (including phenoxy) is 1. The number of nitrogen functional groups attached to an aromatic ring is 1. The van der Waals surface area contributed by atoms with E-state index in [-0.39, 0.29) is 17.7 Å². The Kier molecular flexibility index (Phi) is 6.03. The first-order valence-electron chi connectivity index (χ1n) is 8.85. The number of methoxy groups -OCH3 is 1. The number of nitrogens with zero attached hydrogens (tertiary/aromatic N) is 3. The standard InChI is InChI=1S/C18H25N5O2S/c1-12-5-3-4-6-15(12)20-16(24)11-26-18-22-21-17(23(18)19)13-7-9-14(25-2)10-8-13/h7-10,12,15H,3-6,11,19H2,1-2H3,(H,20,24)/t12-,15+/m1/s1. The summed E-state index contributed by atoms with van der Waals surface area (Å²) >= 11 is 1.30. The number of rotatable bonds is 6. The molecule has 8 heteroatoms. The van der Waals surface area contributed by atoms with Crippen LogP contribution in [0.4, 0.5) is 0 Å². The SMILES string of the molecule is COc1ccc(-c2nnc(SCC(=O)N[C@H]3CCCC[C@H]3C)n2N)cc1. The van der Waals surface area contributed by atoms with E-state index in [1.165, 1.54) is 35.7 Å². The molecule has 1 amide bonds. The maximum atomic E-state index is 12.2. The van der Waals surface area contributed by atoms with Gasteiger partial charge in [0.1, 0.15) is 5.75 Å². The Morgan fingerprint density at radius 2 is 2.04 bits per heavy atom. The van der Waals surface area contributed by atoms with Crippen LogP contribution in [0.15, 0.2) is 29.4 Å². The van der Waals surface area contributed by atoms with E-state index in [9.17, 15) is 4.79 Å². The third kappa shape index (κ3) is 4.30. The molecule has 1 heterocycles. The highest BCUT2D eigenvalue weighted by atomic mass is 32.2. The van der Waals surface area contributed by atoms with Gasteiger partial charge in [-0.3, -0.25) is 4.79 Å². The molecule has 0 aliphatic heterocycles. The van der Waals surface area contributed by atoms with Crippen LogP contribution in [0.2, 0.25) is 0 Å². The molecule has 26 heavy (non-hydrogen) atoms. The lowest BCUT2D eigenvalue weighted by Gasteiger charge is -2.29. The molecular formula is C18H25N5O2S. The molecule has 1 aliphatic rings. The molecule has 0 unspecified atom stereocenters. The highest BCUT2D eigenvalue weighted by Crippen LogP contribution is 2.25. The Morgan fingerprint density at radius 1 is 1.31 bits per heavy atom. The number of nitrogens with one attached hydrogen (secondary N) is 1.